The van der Waals surface area contributed by atoms with Crippen LogP contribution in [0, 0.1) is 0 Å². The van der Waals surface area contributed by atoms with E-state index in [-0.39, 0.29) is 19.2 Å². The summed E-state index contributed by atoms with van der Waals surface area (Å²) in [5, 5.41) is 0.407. The topological polar surface area (TPSA) is 61.8 Å². The number of hydrogen-bond acceptors (Lipinski definition) is 5. The quantitative estimate of drug-likeness (QED) is 0.443. The SMILES string of the molecule is O=C(/C=C/c1cc(Cl)c2c(c1)OCO2)OCC(=O)c1ccc2c(c1)CCC2. The van der Waals surface area contributed by atoms with Gasteiger partial charge in [0.15, 0.2) is 23.9 Å². The molecule has 0 spiro atoms. The second-order valence-corrected chi connectivity index (χ2v) is 6.84. The van der Waals surface area contributed by atoms with Crippen LogP contribution in [0.25, 0.3) is 6.08 Å². The third-order valence-corrected chi connectivity index (χ3v) is 4.91. The zero-order chi connectivity index (χ0) is 18.8. The van der Waals surface area contributed by atoms with Crippen molar-refractivity contribution < 1.29 is 23.8 Å². The zero-order valence-corrected chi connectivity index (χ0v) is 15.3. The minimum atomic E-state index is -0.599. The lowest BCUT2D eigenvalue weighted by Crippen LogP contribution is -2.12. The summed E-state index contributed by atoms with van der Waals surface area (Å²) in [5.74, 6) is 0.217. The fourth-order valence-electron chi connectivity index (χ4n) is 3.26. The van der Waals surface area contributed by atoms with Crippen LogP contribution in [0.3, 0.4) is 0 Å². The number of rotatable bonds is 5. The molecule has 2 aromatic carbocycles. The first-order valence-corrected chi connectivity index (χ1v) is 9.07. The average Bonchev–Trinajstić information content (AvgIpc) is 3.32. The number of benzene rings is 2. The summed E-state index contributed by atoms with van der Waals surface area (Å²) in [6.45, 7) is -0.168. The molecule has 0 unspecified atom stereocenters. The Balaban J connectivity index is 1.35. The lowest BCUT2D eigenvalue weighted by atomic mass is 10.0. The van der Waals surface area contributed by atoms with E-state index in [1.165, 1.54) is 17.2 Å². The summed E-state index contributed by atoms with van der Waals surface area (Å²) in [7, 11) is 0. The van der Waals surface area contributed by atoms with Crippen LogP contribution in [-0.2, 0) is 22.4 Å². The van der Waals surface area contributed by atoms with Gasteiger partial charge >= 0.3 is 5.97 Å². The van der Waals surface area contributed by atoms with Gasteiger partial charge in [-0.2, -0.15) is 0 Å². The predicted octanol–water partition coefficient (Wildman–Crippen LogP) is 4.00. The Bertz CT molecular complexity index is 948. The Morgan fingerprint density at radius 1 is 1.11 bits per heavy atom. The Morgan fingerprint density at radius 2 is 1.96 bits per heavy atom. The zero-order valence-electron chi connectivity index (χ0n) is 14.5. The molecular formula is C21H17ClO5. The Morgan fingerprint density at radius 3 is 2.85 bits per heavy atom. The molecule has 0 bridgehead atoms. The smallest absolute Gasteiger partial charge is 0.331 e. The van der Waals surface area contributed by atoms with Crippen LogP contribution in [-0.4, -0.2) is 25.2 Å². The van der Waals surface area contributed by atoms with E-state index in [0.29, 0.717) is 27.6 Å². The second-order valence-electron chi connectivity index (χ2n) is 6.44. The number of aryl methyl sites for hydroxylation is 2. The maximum absolute atomic E-state index is 12.2. The number of halogens is 1. The molecule has 0 saturated heterocycles. The largest absolute Gasteiger partial charge is 0.454 e. The fraction of sp³-hybridized carbons (Fsp3) is 0.238. The molecule has 1 heterocycles. The molecule has 0 radical (unpaired) electrons. The van der Waals surface area contributed by atoms with Gasteiger partial charge in [-0.1, -0.05) is 23.7 Å². The number of ketones is 1. The molecule has 0 aromatic heterocycles. The van der Waals surface area contributed by atoms with Crippen LogP contribution in [0.15, 0.2) is 36.4 Å². The normalized spacial score (nSPS) is 14.4. The van der Waals surface area contributed by atoms with Crippen molar-refractivity contribution in [2.45, 2.75) is 19.3 Å². The van der Waals surface area contributed by atoms with Gasteiger partial charge in [0.1, 0.15) is 0 Å². The van der Waals surface area contributed by atoms with Crippen LogP contribution >= 0.6 is 11.6 Å². The van der Waals surface area contributed by atoms with Gasteiger partial charge < -0.3 is 14.2 Å². The van der Waals surface area contributed by atoms with Crippen LogP contribution in [0.5, 0.6) is 11.5 Å². The van der Waals surface area contributed by atoms with Crippen LogP contribution < -0.4 is 9.47 Å². The minimum absolute atomic E-state index is 0.120. The van der Waals surface area contributed by atoms with Crippen molar-refractivity contribution in [2.75, 3.05) is 13.4 Å². The van der Waals surface area contributed by atoms with E-state index in [4.69, 9.17) is 25.8 Å². The average molecular weight is 385 g/mol. The highest BCUT2D eigenvalue weighted by Gasteiger charge is 2.18. The predicted molar refractivity (Wildman–Crippen MR) is 100 cm³/mol. The number of Topliss-reactive ketones (excluding diaryl/α,β-unsaturated/α-hetero) is 1. The molecule has 2 aromatic rings. The second kappa shape index (κ2) is 7.45. The standard InChI is InChI=1S/C21H17ClO5/c22-17-8-13(9-19-21(17)27-12-26-19)4-7-20(24)25-11-18(23)16-6-5-14-2-1-3-15(14)10-16/h4-10H,1-3,11-12H2/b7-4+. The van der Waals surface area contributed by atoms with Gasteiger partial charge in [-0.25, -0.2) is 4.79 Å². The summed E-state index contributed by atoms with van der Waals surface area (Å²) < 4.78 is 15.6. The monoisotopic (exact) mass is 384 g/mol. The van der Waals surface area contributed by atoms with Crippen molar-refractivity contribution in [1.29, 1.82) is 0 Å². The highest BCUT2D eigenvalue weighted by Crippen LogP contribution is 2.40. The van der Waals surface area contributed by atoms with Crippen molar-refractivity contribution >= 4 is 29.4 Å². The van der Waals surface area contributed by atoms with Gasteiger partial charge in [0.25, 0.3) is 0 Å². The lowest BCUT2D eigenvalue weighted by molar-refractivity contribution is -0.136. The number of hydrogen-bond donors (Lipinski definition) is 0. The number of carbonyl (C=O) groups is 2. The van der Waals surface area contributed by atoms with E-state index in [9.17, 15) is 9.59 Å². The molecule has 0 N–H and O–H groups in total. The molecule has 0 atom stereocenters. The Kier molecular flexibility index (Phi) is 4.86. The highest BCUT2D eigenvalue weighted by molar-refractivity contribution is 6.32. The van der Waals surface area contributed by atoms with Crippen molar-refractivity contribution in [3.05, 3.63) is 63.7 Å². The molecule has 0 saturated carbocycles. The van der Waals surface area contributed by atoms with Crippen LogP contribution in [0.1, 0.15) is 33.5 Å². The maximum Gasteiger partial charge on any atom is 0.331 e. The van der Waals surface area contributed by atoms with Crippen LogP contribution in [0.4, 0.5) is 0 Å². The van der Waals surface area contributed by atoms with Gasteiger partial charge in [0, 0.05) is 11.6 Å². The van der Waals surface area contributed by atoms with Crippen molar-refractivity contribution in [3.8, 4) is 11.5 Å². The first-order valence-electron chi connectivity index (χ1n) is 8.69. The van der Waals surface area contributed by atoms with E-state index < -0.39 is 5.97 Å². The first-order chi connectivity index (χ1) is 13.1. The molecule has 0 fully saturated rings. The fourth-order valence-corrected chi connectivity index (χ4v) is 3.53. The first kappa shape index (κ1) is 17.6. The molecule has 27 heavy (non-hydrogen) atoms. The third kappa shape index (κ3) is 3.83. The summed E-state index contributed by atoms with van der Waals surface area (Å²) >= 11 is 6.10. The summed E-state index contributed by atoms with van der Waals surface area (Å²) in [5.41, 5.74) is 3.77. The van der Waals surface area contributed by atoms with E-state index >= 15 is 0 Å². The van der Waals surface area contributed by atoms with E-state index in [0.717, 1.165) is 19.3 Å². The van der Waals surface area contributed by atoms with Gasteiger partial charge in [0.2, 0.25) is 6.79 Å². The molecule has 0 amide bonds. The molecule has 5 nitrogen and oxygen atoms in total. The molecule has 2 aliphatic rings. The number of fused-ring (bicyclic) bond motifs is 2. The van der Waals surface area contributed by atoms with Gasteiger partial charge in [-0.3, -0.25) is 4.79 Å². The molecule has 1 aliphatic carbocycles. The molecule has 4 rings (SSSR count). The van der Waals surface area contributed by atoms with Crippen molar-refractivity contribution in [2.24, 2.45) is 0 Å². The Labute approximate surface area is 161 Å². The summed E-state index contributed by atoms with van der Waals surface area (Å²) in [6.07, 6.45) is 5.99. The van der Waals surface area contributed by atoms with Crippen molar-refractivity contribution in [1.82, 2.24) is 0 Å². The summed E-state index contributed by atoms with van der Waals surface area (Å²) in [4.78, 5) is 24.2. The Hall–Kier alpha value is -2.79. The minimum Gasteiger partial charge on any atom is -0.454 e. The van der Waals surface area contributed by atoms with E-state index in [1.54, 1.807) is 24.3 Å². The molecule has 1 aliphatic heterocycles. The number of esters is 1. The van der Waals surface area contributed by atoms with Crippen LogP contribution in [0.2, 0.25) is 5.02 Å². The third-order valence-electron chi connectivity index (χ3n) is 4.63. The van der Waals surface area contributed by atoms with E-state index in [2.05, 4.69) is 0 Å². The van der Waals surface area contributed by atoms with Crippen molar-refractivity contribution in [3.63, 3.8) is 0 Å². The van der Waals surface area contributed by atoms with Gasteiger partial charge in [-0.15, -0.1) is 0 Å². The van der Waals surface area contributed by atoms with Gasteiger partial charge in [-0.05, 0) is 60.2 Å². The maximum atomic E-state index is 12.2. The lowest BCUT2D eigenvalue weighted by Gasteiger charge is -2.05. The molecule has 6 heteroatoms. The number of carbonyl (C=O) groups excluding carboxylic acids is 2. The van der Waals surface area contributed by atoms with E-state index in [1.807, 2.05) is 12.1 Å². The molecular weight excluding hydrogens is 368 g/mol. The number of ether oxygens (including phenoxy) is 3. The van der Waals surface area contributed by atoms with Gasteiger partial charge in [0.05, 0.1) is 5.02 Å². The highest BCUT2D eigenvalue weighted by atomic mass is 35.5. The molecule has 138 valence electrons. The summed E-state index contributed by atoms with van der Waals surface area (Å²) in [6, 6.07) is 9.07.